The molecule has 1 aliphatic rings. The third-order valence-electron chi connectivity index (χ3n) is 3.28. The molecule has 0 unspecified atom stereocenters. The molecular weight excluding hydrogens is 290 g/mol. The van der Waals surface area contributed by atoms with Gasteiger partial charge in [0.05, 0.1) is 22.0 Å². The SMILES string of the molecule is Nc1cccc(Cl)c1C(=O)N1CC(=O)Nc2ccccc21. The zero-order valence-corrected chi connectivity index (χ0v) is 11.7. The lowest BCUT2D eigenvalue weighted by atomic mass is 10.1. The van der Waals surface area contributed by atoms with Gasteiger partial charge in [0, 0.05) is 5.69 Å². The van der Waals surface area contributed by atoms with Crippen LogP contribution in [0.1, 0.15) is 10.4 Å². The predicted molar refractivity (Wildman–Crippen MR) is 82.6 cm³/mol. The summed E-state index contributed by atoms with van der Waals surface area (Å²) in [4.78, 5) is 25.9. The van der Waals surface area contributed by atoms with Crippen molar-refractivity contribution in [2.75, 3.05) is 22.5 Å². The van der Waals surface area contributed by atoms with Gasteiger partial charge in [-0.2, -0.15) is 0 Å². The molecule has 0 aliphatic carbocycles. The molecular formula is C15H12ClN3O2. The quantitative estimate of drug-likeness (QED) is 0.795. The fraction of sp³-hybridized carbons (Fsp3) is 0.0667. The van der Waals surface area contributed by atoms with E-state index in [0.29, 0.717) is 11.4 Å². The predicted octanol–water partition coefficient (Wildman–Crippen LogP) is 2.52. The fourth-order valence-corrected chi connectivity index (χ4v) is 2.58. The van der Waals surface area contributed by atoms with Crippen LogP contribution in [0.25, 0.3) is 0 Å². The number of hydrogen-bond acceptors (Lipinski definition) is 3. The summed E-state index contributed by atoms with van der Waals surface area (Å²) in [6.45, 7) is -0.0689. The molecule has 0 spiro atoms. The summed E-state index contributed by atoms with van der Waals surface area (Å²) in [7, 11) is 0. The van der Waals surface area contributed by atoms with E-state index in [0.717, 1.165) is 0 Å². The Morgan fingerprint density at radius 1 is 1.19 bits per heavy atom. The molecule has 0 saturated carbocycles. The van der Waals surface area contributed by atoms with Gasteiger partial charge in [-0.1, -0.05) is 29.8 Å². The molecule has 3 N–H and O–H groups in total. The molecule has 1 aliphatic heterocycles. The fourth-order valence-electron chi connectivity index (χ4n) is 2.32. The van der Waals surface area contributed by atoms with Gasteiger partial charge in [0.1, 0.15) is 6.54 Å². The van der Waals surface area contributed by atoms with Crippen molar-refractivity contribution in [3.8, 4) is 0 Å². The number of nitrogens with zero attached hydrogens (tertiary/aromatic N) is 1. The minimum Gasteiger partial charge on any atom is -0.398 e. The second-order valence-electron chi connectivity index (χ2n) is 4.66. The first kappa shape index (κ1) is 13.5. The topological polar surface area (TPSA) is 75.4 Å². The maximum absolute atomic E-state index is 12.7. The summed E-state index contributed by atoms with van der Waals surface area (Å²) in [5, 5.41) is 3.00. The van der Waals surface area contributed by atoms with Crippen LogP contribution in [0.5, 0.6) is 0 Å². The number of nitrogens with one attached hydrogen (secondary N) is 1. The maximum atomic E-state index is 12.7. The first-order chi connectivity index (χ1) is 10.1. The number of carbonyl (C=O) groups is 2. The number of fused-ring (bicyclic) bond motifs is 1. The molecule has 0 fully saturated rings. The molecule has 2 aromatic rings. The number of amides is 2. The second-order valence-corrected chi connectivity index (χ2v) is 5.07. The zero-order chi connectivity index (χ0) is 15.0. The first-order valence-electron chi connectivity index (χ1n) is 6.32. The third kappa shape index (κ3) is 2.32. The van der Waals surface area contributed by atoms with Crippen molar-refractivity contribution in [1.82, 2.24) is 0 Å². The standard InChI is InChI=1S/C15H12ClN3O2/c16-9-4-3-5-10(17)14(9)15(21)19-8-13(20)18-11-6-1-2-7-12(11)19/h1-7H,8,17H2,(H,18,20). The molecule has 2 aromatic carbocycles. The molecule has 6 heteroatoms. The van der Waals surface area contributed by atoms with Crippen molar-refractivity contribution in [1.29, 1.82) is 0 Å². The van der Waals surface area contributed by atoms with Crippen molar-refractivity contribution in [3.05, 3.63) is 53.1 Å². The Bertz CT molecular complexity index is 725. The van der Waals surface area contributed by atoms with Crippen LogP contribution in [-0.2, 0) is 4.79 Å². The number of anilines is 3. The van der Waals surface area contributed by atoms with Crippen LogP contribution in [0.15, 0.2) is 42.5 Å². The number of nitrogens with two attached hydrogens (primary N) is 1. The van der Waals surface area contributed by atoms with Gasteiger partial charge in [0.15, 0.2) is 0 Å². The molecule has 21 heavy (non-hydrogen) atoms. The average molecular weight is 302 g/mol. The highest BCUT2D eigenvalue weighted by Crippen LogP contribution is 2.32. The minimum atomic E-state index is -0.389. The number of carbonyl (C=O) groups excluding carboxylic acids is 2. The van der Waals surface area contributed by atoms with Gasteiger partial charge < -0.3 is 11.1 Å². The molecule has 5 nitrogen and oxygen atoms in total. The van der Waals surface area contributed by atoms with E-state index >= 15 is 0 Å². The normalized spacial score (nSPS) is 13.6. The van der Waals surface area contributed by atoms with Crippen LogP contribution in [0, 0.1) is 0 Å². The smallest absolute Gasteiger partial charge is 0.262 e. The van der Waals surface area contributed by atoms with Crippen molar-refractivity contribution in [3.63, 3.8) is 0 Å². The lowest BCUT2D eigenvalue weighted by Gasteiger charge is -2.29. The molecule has 3 rings (SSSR count). The van der Waals surface area contributed by atoms with E-state index in [1.807, 2.05) is 0 Å². The summed E-state index contributed by atoms with van der Waals surface area (Å²) in [5.41, 5.74) is 7.57. The van der Waals surface area contributed by atoms with E-state index in [2.05, 4.69) is 5.32 Å². The van der Waals surface area contributed by atoms with Crippen molar-refractivity contribution < 1.29 is 9.59 Å². The average Bonchev–Trinajstić information content (AvgIpc) is 2.46. The van der Waals surface area contributed by atoms with Gasteiger partial charge >= 0.3 is 0 Å². The molecule has 0 atom stereocenters. The summed E-state index contributed by atoms with van der Waals surface area (Å²) in [6, 6.07) is 12.0. The van der Waals surface area contributed by atoms with E-state index in [4.69, 9.17) is 17.3 Å². The van der Waals surface area contributed by atoms with Crippen LogP contribution >= 0.6 is 11.6 Å². The summed E-state index contributed by atoms with van der Waals surface area (Å²) < 4.78 is 0. The number of benzene rings is 2. The molecule has 0 radical (unpaired) electrons. The van der Waals surface area contributed by atoms with Gasteiger partial charge in [0.2, 0.25) is 5.91 Å². The summed E-state index contributed by atoms with van der Waals surface area (Å²) in [6.07, 6.45) is 0. The Balaban J connectivity index is 2.09. The number of nitrogen functional groups attached to an aromatic ring is 1. The largest absolute Gasteiger partial charge is 0.398 e. The van der Waals surface area contributed by atoms with E-state index in [9.17, 15) is 9.59 Å². The van der Waals surface area contributed by atoms with Crippen LogP contribution < -0.4 is 16.0 Å². The number of halogens is 1. The molecule has 0 saturated heterocycles. The third-order valence-corrected chi connectivity index (χ3v) is 3.59. The Hall–Kier alpha value is -2.53. The molecule has 106 valence electrons. The Morgan fingerprint density at radius 2 is 1.95 bits per heavy atom. The summed E-state index contributed by atoms with van der Waals surface area (Å²) in [5.74, 6) is -0.645. The van der Waals surface area contributed by atoms with Gasteiger partial charge in [-0.3, -0.25) is 14.5 Å². The molecule has 0 aromatic heterocycles. The van der Waals surface area contributed by atoms with Crippen LogP contribution in [-0.4, -0.2) is 18.4 Å². The van der Waals surface area contributed by atoms with Crippen molar-refractivity contribution in [2.45, 2.75) is 0 Å². The van der Waals surface area contributed by atoms with Gasteiger partial charge in [-0.05, 0) is 24.3 Å². The monoisotopic (exact) mass is 301 g/mol. The molecule has 0 bridgehead atoms. The van der Waals surface area contributed by atoms with Crippen LogP contribution in [0.3, 0.4) is 0 Å². The van der Waals surface area contributed by atoms with E-state index in [1.165, 1.54) is 4.90 Å². The van der Waals surface area contributed by atoms with Crippen LogP contribution in [0.4, 0.5) is 17.1 Å². The van der Waals surface area contributed by atoms with E-state index in [1.54, 1.807) is 42.5 Å². The maximum Gasteiger partial charge on any atom is 0.262 e. The van der Waals surface area contributed by atoms with E-state index in [-0.39, 0.29) is 34.6 Å². The Labute approximate surface area is 126 Å². The van der Waals surface area contributed by atoms with Gasteiger partial charge in [-0.25, -0.2) is 0 Å². The number of rotatable bonds is 1. The lowest BCUT2D eigenvalue weighted by Crippen LogP contribution is -2.42. The van der Waals surface area contributed by atoms with Gasteiger partial charge in [-0.15, -0.1) is 0 Å². The Kier molecular flexibility index (Phi) is 3.27. The van der Waals surface area contributed by atoms with Crippen molar-refractivity contribution in [2.24, 2.45) is 0 Å². The summed E-state index contributed by atoms with van der Waals surface area (Å²) >= 11 is 6.08. The second kappa shape index (κ2) is 5.10. The lowest BCUT2D eigenvalue weighted by molar-refractivity contribution is -0.115. The highest BCUT2D eigenvalue weighted by Gasteiger charge is 2.29. The minimum absolute atomic E-state index is 0.0689. The van der Waals surface area contributed by atoms with Gasteiger partial charge in [0.25, 0.3) is 5.91 Å². The molecule has 2 amide bonds. The van der Waals surface area contributed by atoms with E-state index < -0.39 is 0 Å². The Morgan fingerprint density at radius 3 is 2.71 bits per heavy atom. The first-order valence-corrected chi connectivity index (χ1v) is 6.70. The zero-order valence-electron chi connectivity index (χ0n) is 11.0. The molecule has 1 heterocycles. The number of para-hydroxylation sites is 2. The number of hydrogen-bond donors (Lipinski definition) is 2. The van der Waals surface area contributed by atoms with Crippen LogP contribution in [0.2, 0.25) is 5.02 Å². The highest BCUT2D eigenvalue weighted by atomic mass is 35.5. The van der Waals surface area contributed by atoms with Crippen molar-refractivity contribution >= 4 is 40.5 Å². The highest BCUT2D eigenvalue weighted by molar-refractivity contribution is 6.35.